The van der Waals surface area contributed by atoms with Crippen LogP contribution < -0.4 is 10.2 Å². The van der Waals surface area contributed by atoms with Gasteiger partial charge in [-0.25, -0.2) is 4.79 Å². The zero-order chi connectivity index (χ0) is 12.4. The van der Waals surface area contributed by atoms with Crippen LogP contribution in [0.1, 0.15) is 12.8 Å². The van der Waals surface area contributed by atoms with Crippen molar-refractivity contribution in [2.75, 3.05) is 18.5 Å². The van der Waals surface area contributed by atoms with E-state index in [1.165, 1.54) is 0 Å². The van der Waals surface area contributed by atoms with Crippen molar-refractivity contribution in [3.63, 3.8) is 0 Å². The summed E-state index contributed by atoms with van der Waals surface area (Å²) < 4.78 is 1.95. The summed E-state index contributed by atoms with van der Waals surface area (Å²) >= 11 is 0. The van der Waals surface area contributed by atoms with Crippen molar-refractivity contribution < 1.29 is 9.90 Å². The van der Waals surface area contributed by atoms with Crippen LogP contribution in [0.2, 0.25) is 0 Å². The van der Waals surface area contributed by atoms with Crippen molar-refractivity contribution in [2.24, 2.45) is 7.05 Å². The zero-order valence-corrected chi connectivity index (χ0v) is 10.3. The third-order valence-electron chi connectivity index (χ3n) is 3.34. The molecule has 0 spiro atoms. The Morgan fingerprint density at radius 3 is 2.88 bits per heavy atom. The highest BCUT2D eigenvalue weighted by Gasteiger charge is 2.37. The fourth-order valence-electron chi connectivity index (χ4n) is 2.59. The number of anilines is 1. The van der Waals surface area contributed by atoms with Gasteiger partial charge in [0.1, 0.15) is 6.04 Å². The van der Waals surface area contributed by atoms with Gasteiger partial charge in [0.15, 0.2) is 0 Å². The first-order valence-corrected chi connectivity index (χ1v) is 5.91. The van der Waals surface area contributed by atoms with Crippen molar-refractivity contribution in [2.45, 2.75) is 24.9 Å². The van der Waals surface area contributed by atoms with Gasteiger partial charge >= 0.3 is 5.97 Å². The standard InChI is InChI=1S/C12H19N3O2/c1-13-7-9-3-4-11(12(16)17)15(9)10-5-6-14(2)8-10/h5-6,8-9,11,13H,3-4,7H2,1-2H3,(H,16,17)/t9-,11-/m0/s1. The fourth-order valence-corrected chi connectivity index (χ4v) is 2.59. The summed E-state index contributed by atoms with van der Waals surface area (Å²) in [5, 5.41) is 12.4. The van der Waals surface area contributed by atoms with Gasteiger partial charge in [-0.05, 0) is 26.0 Å². The lowest BCUT2D eigenvalue weighted by Crippen LogP contribution is -2.44. The molecule has 1 aromatic rings. The number of hydrogen-bond donors (Lipinski definition) is 2. The maximum Gasteiger partial charge on any atom is 0.326 e. The predicted octanol–water partition coefficient (Wildman–Crippen LogP) is 0.666. The lowest BCUT2D eigenvalue weighted by Gasteiger charge is -2.29. The second kappa shape index (κ2) is 4.79. The molecule has 1 fully saturated rings. The van der Waals surface area contributed by atoms with E-state index >= 15 is 0 Å². The summed E-state index contributed by atoms with van der Waals surface area (Å²) in [6, 6.07) is 1.85. The van der Waals surface area contributed by atoms with Crippen molar-refractivity contribution in [1.29, 1.82) is 0 Å². The van der Waals surface area contributed by atoms with E-state index in [9.17, 15) is 9.90 Å². The Hall–Kier alpha value is -1.49. The van der Waals surface area contributed by atoms with Crippen LogP contribution in [0.3, 0.4) is 0 Å². The van der Waals surface area contributed by atoms with E-state index in [-0.39, 0.29) is 6.04 Å². The SMILES string of the molecule is CNC[C@@H]1CC[C@@H](C(=O)O)N1c1ccn(C)c1. The first-order valence-electron chi connectivity index (χ1n) is 5.91. The van der Waals surface area contributed by atoms with Crippen LogP contribution in [0.15, 0.2) is 18.5 Å². The number of carbonyl (C=O) groups is 1. The molecule has 2 rings (SSSR count). The molecule has 5 nitrogen and oxygen atoms in total. The minimum Gasteiger partial charge on any atom is -0.480 e. The number of likely N-dealkylation sites (N-methyl/N-ethyl adjacent to an activating group) is 1. The minimum atomic E-state index is -0.729. The lowest BCUT2D eigenvalue weighted by molar-refractivity contribution is -0.138. The van der Waals surface area contributed by atoms with Crippen molar-refractivity contribution in [3.8, 4) is 0 Å². The fraction of sp³-hybridized carbons (Fsp3) is 0.583. The zero-order valence-electron chi connectivity index (χ0n) is 10.3. The molecule has 0 bridgehead atoms. The molecule has 2 heterocycles. The minimum absolute atomic E-state index is 0.267. The second-order valence-electron chi connectivity index (χ2n) is 4.59. The van der Waals surface area contributed by atoms with Crippen molar-refractivity contribution in [1.82, 2.24) is 9.88 Å². The summed E-state index contributed by atoms with van der Waals surface area (Å²) in [5.41, 5.74) is 0.998. The van der Waals surface area contributed by atoms with Gasteiger partial charge in [0, 0.05) is 32.0 Å². The highest BCUT2D eigenvalue weighted by Crippen LogP contribution is 2.30. The molecule has 17 heavy (non-hydrogen) atoms. The Bertz CT molecular complexity index is 402. The van der Waals surface area contributed by atoms with Gasteiger partial charge < -0.3 is 19.9 Å². The van der Waals surface area contributed by atoms with Crippen LogP contribution in [0.5, 0.6) is 0 Å². The topological polar surface area (TPSA) is 57.5 Å². The highest BCUT2D eigenvalue weighted by molar-refractivity contribution is 5.79. The Morgan fingerprint density at radius 1 is 1.59 bits per heavy atom. The summed E-state index contributed by atoms with van der Waals surface area (Å²) in [6.07, 6.45) is 5.57. The number of carboxylic acids is 1. The van der Waals surface area contributed by atoms with E-state index in [0.29, 0.717) is 0 Å². The number of aryl methyl sites for hydroxylation is 1. The van der Waals surface area contributed by atoms with Gasteiger partial charge in [0.2, 0.25) is 0 Å². The lowest BCUT2D eigenvalue weighted by atomic mass is 10.2. The van der Waals surface area contributed by atoms with Gasteiger partial charge in [-0.15, -0.1) is 0 Å². The molecular weight excluding hydrogens is 218 g/mol. The smallest absolute Gasteiger partial charge is 0.326 e. The quantitative estimate of drug-likeness (QED) is 0.808. The summed E-state index contributed by atoms with van der Waals surface area (Å²) in [5.74, 6) is -0.729. The summed E-state index contributed by atoms with van der Waals surface area (Å²) in [7, 11) is 3.85. The average molecular weight is 237 g/mol. The van der Waals surface area contributed by atoms with E-state index in [4.69, 9.17) is 0 Å². The average Bonchev–Trinajstić information content (AvgIpc) is 2.84. The second-order valence-corrected chi connectivity index (χ2v) is 4.59. The highest BCUT2D eigenvalue weighted by atomic mass is 16.4. The Balaban J connectivity index is 2.25. The monoisotopic (exact) mass is 237 g/mol. The molecular formula is C12H19N3O2. The molecule has 0 radical (unpaired) electrons. The van der Waals surface area contributed by atoms with E-state index in [0.717, 1.165) is 25.1 Å². The van der Waals surface area contributed by atoms with Crippen LogP contribution in [-0.4, -0.2) is 41.3 Å². The van der Waals surface area contributed by atoms with Crippen molar-refractivity contribution in [3.05, 3.63) is 18.5 Å². The third kappa shape index (κ3) is 2.29. The number of carboxylic acid groups (broad SMARTS) is 1. The first kappa shape index (κ1) is 12.0. The maximum absolute atomic E-state index is 11.3. The number of aliphatic carboxylic acids is 1. The Labute approximate surface area is 101 Å². The van der Waals surface area contributed by atoms with E-state index in [1.54, 1.807) is 0 Å². The Morgan fingerprint density at radius 2 is 2.35 bits per heavy atom. The van der Waals surface area contributed by atoms with Gasteiger partial charge in [-0.3, -0.25) is 0 Å². The Kier molecular flexibility index (Phi) is 3.38. The van der Waals surface area contributed by atoms with Gasteiger partial charge in [-0.1, -0.05) is 0 Å². The molecule has 2 atom stereocenters. The molecule has 94 valence electrons. The van der Waals surface area contributed by atoms with Crippen molar-refractivity contribution >= 4 is 11.7 Å². The van der Waals surface area contributed by atoms with E-state index in [1.807, 2.05) is 42.0 Å². The summed E-state index contributed by atoms with van der Waals surface area (Å²) in [6.45, 7) is 0.818. The van der Waals surface area contributed by atoms with Crippen LogP contribution in [0.4, 0.5) is 5.69 Å². The summed E-state index contributed by atoms with van der Waals surface area (Å²) in [4.78, 5) is 13.3. The molecule has 1 saturated heterocycles. The van der Waals surface area contributed by atoms with Gasteiger partial charge in [0.25, 0.3) is 0 Å². The molecule has 1 aliphatic rings. The number of rotatable bonds is 4. The molecule has 0 unspecified atom stereocenters. The van der Waals surface area contributed by atoms with E-state index in [2.05, 4.69) is 5.32 Å². The number of hydrogen-bond acceptors (Lipinski definition) is 3. The number of nitrogens with zero attached hydrogens (tertiary/aromatic N) is 2. The molecule has 2 N–H and O–H groups in total. The van der Waals surface area contributed by atoms with Gasteiger partial charge in [-0.2, -0.15) is 0 Å². The molecule has 1 aromatic heterocycles. The molecule has 0 aromatic carbocycles. The predicted molar refractivity (Wildman–Crippen MR) is 66.3 cm³/mol. The van der Waals surface area contributed by atoms with Crippen LogP contribution in [-0.2, 0) is 11.8 Å². The third-order valence-corrected chi connectivity index (χ3v) is 3.34. The molecule has 0 amide bonds. The molecule has 0 saturated carbocycles. The maximum atomic E-state index is 11.3. The largest absolute Gasteiger partial charge is 0.480 e. The first-order chi connectivity index (χ1) is 8.13. The molecule has 0 aliphatic carbocycles. The van der Waals surface area contributed by atoms with Crippen LogP contribution >= 0.6 is 0 Å². The van der Waals surface area contributed by atoms with Crippen LogP contribution in [0.25, 0.3) is 0 Å². The van der Waals surface area contributed by atoms with Gasteiger partial charge in [0.05, 0.1) is 5.69 Å². The van der Waals surface area contributed by atoms with E-state index < -0.39 is 12.0 Å². The number of aromatic nitrogens is 1. The van der Waals surface area contributed by atoms with Crippen LogP contribution in [0, 0.1) is 0 Å². The molecule has 1 aliphatic heterocycles. The normalized spacial score (nSPS) is 24.2. The molecule has 5 heteroatoms. The number of nitrogens with one attached hydrogen (secondary N) is 1.